The van der Waals surface area contributed by atoms with E-state index in [2.05, 4.69) is 12.2 Å². The van der Waals surface area contributed by atoms with Crippen molar-refractivity contribution in [1.29, 1.82) is 0 Å². The van der Waals surface area contributed by atoms with Crippen LogP contribution in [0.1, 0.15) is 17.3 Å². The Morgan fingerprint density at radius 2 is 2.08 bits per heavy atom. The average molecular weight is 342 g/mol. The molecular formula is C18H18N2O3S. The van der Waals surface area contributed by atoms with Crippen LogP contribution in [0.5, 0.6) is 5.75 Å². The molecule has 0 bridgehead atoms. The second kappa shape index (κ2) is 6.97. The summed E-state index contributed by atoms with van der Waals surface area (Å²) in [6, 6.07) is 12.8. The van der Waals surface area contributed by atoms with Crippen molar-refractivity contribution < 1.29 is 14.3 Å². The third-order valence-electron chi connectivity index (χ3n) is 3.74. The lowest BCUT2D eigenvalue weighted by molar-refractivity contribution is -0.120. The molecule has 0 radical (unpaired) electrons. The zero-order valence-electron chi connectivity index (χ0n) is 13.5. The molecule has 24 heavy (non-hydrogen) atoms. The maximum atomic E-state index is 12.6. The highest BCUT2D eigenvalue weighted by molar-refractivity contribution is 7.99. The number of ether oxygens (including phenoxy) is 1. The topological polar surface area (TPSA) is 58.6 Å². The van der Waals surface area contributed by atoms with Gasteiger partial charge in [0.25, 0.3) is 11.8 Å². The van der Waals surface area contributed by atoms with E-state index in [1.165, 1.54) is 4.90 Å². The van der Waals surface area contributed by atoms with Crippen LogP contribution in [0.2, 0.25) is 0 Å². The predicted molar refractivity (Wildman–Crippen MR) is 96.1 cm³/mol. The number of nitrogens with one attached hydrogen (secondary N) is 1. The molecule has 2 aromatic rings. The minimum Gasteiger partial charge on any atom is -0.482 e. The molecule has 0 unspecified atom stereocenters. The lowest BCUT2D eigenvalue weighted by atomic mass is 10.1. The van der Waals surface area contributed by atoms with E-state index in [0.29, 0.717) is 17.0 Å². The number of amides is 2. The molecule has 3 rings (SSSR count). The lowest BCUT2D eigenvalue weighted by Gasteiger charge is -2.26. The van der Waals surface area contributed by atoms with E-state index in [9.17, 15) is 9.59 Å². The van der Waals surface area contributed by atoms with Crippen LogP contribution in [0.3, 0.4) is 0 Å². The second-order valence-corrected chi connectivity index (χ2v) is 6.61. The van der Waals surface area contributed by atoms with Gasteiger partial charge in [-0.2, -0.15) is 0 Å². The summed E-state index contributed by atoms with van der Waals surface area (Å²) in [5.41, 5.74) is 1.87. The van der Waals surface area contributed by atoms with E-state index in [1.807, 2.05) is 24.3 Å². The molecule has 124 valence electrons. The van der Waals surface area contributed by atoms with Crippen LogP contribution in [0.15, 0.2) is 47.4 Å². The summed E-state index contributed by atoms with van der Waals surface area (Å²) < 4.78 is 5.38. The number of nitrogens with zero attached hydrogens (tertiary/aromatic N) is 1. The molecular weight excluding hydrogens is 324 g/mol. The third kappa shape index (κ3) is 3.23. The summed E-state index contributed by atoms with van der Waals surface area (Å²) in [5.74, 6) is 1.18. The van der Waals surface area contributed by atoms with Crippen LogP contribution in [0, 0.1) is 0 Å². The Balaban J connectivity index is 1.85. The number of benzene rings is 2. The molecule has 1 heterocycles. The lowest BCUT2D eigenvalue weighted by Crippen LogP contribution is -2.35. The largest absolute Gasteiger partial charge is 0.482 e. The first-order chi connectivity index (χ1) is 11.6. The summed E-state index contributed by atoms with van der Waals surface area (Å²) in [4.78, 5) is 26.9. The van der Waals surface area contributed by atoms with Gasteiger partial charge in [0.05, 0.1) is 11.4 Å². The average Bonchev–Trinajstić information content (AvgIpc) is 2.60. The predicted octanol–water partition coefficient (Wildman–Crippen LogP) is 3.41. The van der Waals surface area contributed by atoms with Crippen LogP contribution in [0.4, 0.5) is 11.4 Å². The van der Waals surface area contributed by atoms with Crippen molar-refractivity contribution in [3.63, 3.8) is 0 Å². The van der Waals surface area contributed by atoms with Crippen LogP contribution in [-0.2, 0) is 4.79 Å². The number of likely N-dealkylation sites (N-methyl/N-ethyl adjacent to an activating group) is 1. The quantitative estimate of drug-likeness (QED) is 0.865. The van der Waals surface area contributed by atoms with Crippen molar-refractivity contribution >= 4 is 35.0 Å². The fraction of sp³-hybridized carbons (Fsp3) is 0.222. The molecule has 2 amide bonds. The zero-order valence-corrected chi connectivity index (χ0v) is 14.4. The second-order valence-electron chi connectivity index (χ2n) is 5.31. The van der Waals surface area contributed by atoms with Crippen molar-refractivity contribution in [2.24, 2.45) is 0 Å². The molecule has 1 aliphatic rings. The highest BCUT2D eigenvalue weighted by Crippen LogP contribution is 2.32. The number of anilines is 2. The standard InChI is InChI=1S/C18H18N2O3S/c1-3-24-16-7-5-4-6-13(16)19-18(22)12-8-9-15-14(10-12)20(2)17(21)11-23-15/h4-10H,3,11H2,1-2H3,(H,19,22). The van der Waals surface area contributed by atoms with Crippen molar-refractivity contribution in [3.8, 4) is 5.75 Å². The van der Waals surface area contributed by atoms with Gasteiger partial charge in [-0.05, 0) is 36.1 Å². The molecule has 0 spiro atoms. The monoisotopic (exact) mass is 342 g/mol. The summed E-state index contributed by atoms with van der Waals surface area (Å²) in [6.07, 6.45) is 0. The highest BCUT2D eigenvalue weighted by Gasteiger charge is 2.23. The van der Waals surface area contributed by atoms with Gasteiger partial charge in [-0.1, -0.05) is 19.1 Å². The molecule has 5 nitrogen and oxygen atoms in total. The Kier molecular flexibility index (Phi) is 4.76. The van der Waals surface area contributed by atoms with Crippen LogP contribution < -0.4 is 15.0 Å². The minimum absolute atomic E-state index is 0.0245. The minimum atomic E-state index is -0.214. The molecule has 1 aliphatic heterocycles. The Labute approximate surface area is 145 Å². The zero-order chi connectivity index (χ0) is 17.1. The van der Waals surface area contributed by atoms with E-state index in [4.69, 9.17) is 4.74 Å². The van der Waals surface area contributed by atoms with Gasteiger partial charge in [0.15, 0.2) is 6.61 Å². The van der Waals surface area contributed by atoms with Gasteiger partial charge in [-0.25, -0.2) is 0 Å². The summed E-state index contributed by atoms with van der Waals surface area (Å²) in [6.45, 7) is 2.09. The third-order valence-corrected chi connectivity index (χ3v) is 4.70. The van der Waals surface area contributed by atoms with Gasteiger partial charge in [0, 0.05) is 17.5 Å². The van der Waals surface area contributed by atoms with Gasteiger partial charge < -0.3 is 15.0 Å². The molecule has 1 N–H and O–H groups in total. The van der Waals surface area contributed by atoms with E-state index in [1.54, 1.807) is 37.0 Å². The van der Waals surface area contributed by atoms with Crippen molar-refractivity contribution in [2.45, 2.75) is 11.8 Å². The first kappa shape index (κ1) is 16.4. The summed E-state index contributed by atoms with van der Waals surface area (Å²) in [7, 11) is 1.68. The number of hydrogen-bond donors (Lipinski definition) is 1. The van der Waals surface area contributed by atoms with Gasteiger partial charge in [-0.15, -0.1) is 11.8 Å². The van der Waals surface area contributed by atoms with E-state index >= 15 is 0 Å². The first-order valence-corrected chi connectivity index (χ1v) is 8.65. The normalized spacial score (nSPS) is 13.2. The number of thioether (sulfide) groups is 1. The van der Waals surface area contributed by atoms with Crippen molar-refractivity contribution in [3.05, 3.63) is 48.0 Å². The number of fused-ring (bicyclic) bond motifs is 1. The fourth-order valence-corrected chi connectivity index (χ4v) is 3.22. The van der Waals surface area contributed by atoms with E-state index in [-0.39, 0.29) is 18.4 Å². The molecule has 0 aliphatic carbocycles. The fourth-order valence-electron chi connectivity index (χ4n) is 2.46. The Hall–Kier alpha value is -2.47. The maximum absolute atomic E-state index is 12.6. The Morgan fingerprint density at radius 1 is 1.29 bits per heavy atom. The van der Waals surface area contributed by atoms with Crippen LogP contribution >= 0.6 is 11.8 Å². The van der Waals surface area contributed by atoms with Gasteiger partial charge in [0.2, 0.25) is 0 Å². The molecule has 2 aromatic carbocycles. The SMILES string of the molecule is CCSc1ccccc1NC(=O)c1ccc2c(c1)N(C)C(=O)CO2. The van der Waals surface area contributed by atoms with Gasteiger partial charge >= 0.3 is 0 Å². The molecule has 0 saturated heterocycles. The van der Waals surface area contributed by atoms with Crippen molar-refractivity contribution in [1.82, 2.24) is 0 Å². The van der Waals surface area contributed by atoms with Gasteiger partial charge in [-0.3, -0.25) is 9.59 Å². The molecule has 0 atom stereocenters. The summed E-state index contributed by atoms with van der Waals surface area (Å²) >= 11 is 1.68. The number of carbonyl (C=O) groups is 2. The van der Waals surface area contributed by atoms with Gasteiger partial charge in [0.1, 0.15) is 5.75 Å². The van der Waals surface area contributed by atoms with Crippen LogP contribution in [-0.4, -0.2) is 31.2 Å². The van der Waals surface area contributed by atoms with E-state index < -0.39 is 0 Å². The smallest absolute Gasteiger partial charge is 0.264 e. The van der Waals surface area contributed by atoms with Crippen molar-refractivity contribution in [2.75, 3.05) is 29.6 Å². The molecule has 0 aromatic heterocycles. The number of carbonyl (C=O) groups excluding carboxylic acids is 2. The maximum Gasteiger partial charge on any atom is 0.264 e. The molecule has 0 saturated carbocycles. The molecule has 6 heteroatoms. The number of para-hydroxylation sites is 1. The van der Waals surface area contributed by atoms with E-state index in [0.717, 1.165) is 16.3 Å². The summed E-state index contributed by atoms with van der Waals surface area (Å²) in [5, 5.41) is 2.94. The Bertz CT molecular complexity index is 792. The van der Waals surface area contributed by atoms with Crippen LogP contribution in [0.25, 0.3) is 0 Å². The first-order valence-electron chi connectivity index (χ1n) is 7.66. The number of hydrogen-bond acceptors (Lipinski definition) is 4. The highest BCUT2D eigenvalue weighted by atomic mass is 32.2. The molecule has 0 fully saturated rings. The number of rotatable bonds is 4. The Morgan fingerprint density at radius 3 is 2.88 bits per heavy atom.